The van der Waals surface area contributed by atoms with Crippen LogP contribution in [0.2, 0.25) is 5.02 Å². The summed E-state index contributed by atoms with van der Waals surface area (Å²) in [6.45, 7) is 1.72. The minimum Gasteiger partial charge on any atom is -0.376 e. The van der Waals surface area contributed by atoms with Crippen molar-refractivity contribution in [2.45, 2.75) is 31.9 Å². The number of ether oxygens (including phenoxy) is 1. The van der Waals surface area contributed by atoms with Gasteiger partial charge >= 0.3 is 0 Å². The number of fused-ring (bicyclic) bond motifs is 1. The molecule has 0 radical (unpaired) electrons. The maximum atomic E-state index is 12.4. The van der Waals surface area contributed by atoms with Gasteiger partial charge in [-0.05, 0) is 25.0 Å². The Hall–Kier alpha value is -2.38. The third kappa shape index (κ3) is 3.99. The zero-order chi connectivity index (χ0) is 18.8. The van der Waals surface area contributed by atoms with Gasteiger partial charge in [0.1, 0.15) is 12.4 Å². The lowest BCUT2D eigenvalue weighted by molar-refractivity contribution is -0.124. The summed E-state index contributed by atoms with van der Waals surface area (Å²) in [4.78, 5) is 26.2. The molecule has 27 heavy (non-hydrogen) atoms. The van der Waals surface area contributed by atoms with Crippen LogP contribution in [-0.2, 0) is 20.9 Å². The second-order valence-electron chi connectivity index (χ2n) is 6.79. The van der Waals surface area contributed by atoms with E-state index in [1.807, 2.05) is 18.2 Å². The molecule has 0 saturated carbocycles. The van der Waals surface area contributed by atoms with E-state index >= 15 is 0 Å². The van der Waals surface area contributed by atoms with Gasteiger partial charge in [0.05, 0.1) is 18.3 Å². The SMILES string of the molecule is O=C(CN1C(=O)CCn2nc(-c3ccc(Cl)cc3)cc21)NC[C@@H]1CCCO1. The first kappa shape index (κ1) is 18.0. The molecule has 7 nitrogen and oxygen atoms in total. The Morgan fingerprint density at radius 2 is 2.15 bits per heavy atom. The number of carbonyl (C=O) groups excluding carboxylic acids is 2. The summed E-state index contributed by atoms with van der Waals surface area (Å²) in [5, 5.41) is 8.10. The van der Waals surface area contributed by atoms with Crippen molar-refractivity contribution in [3.05, 3.63) is 35.4 Å². The number of aromatic nitrogens is 2. The van der Waals surface area contributed by atoms with Crippen LogP contribution in [0.1, 0.15) is 19.3 Å². The number of amides is 2. The summed E-state index contributed by atoms with van der Waals surface area (Å²) in [5.74, 6) is 0.377. The first-order valence-electron chi connectivity index (χ1n) is 9.12. The molecule has 8 heteroatoms. The first-order valence-corrected chi connectivity index (χ1v) is 9.50. The molecule has 1 fully saturated rings. The molecule has 0 aliphatic carbocycles. The number of anilines is 1. The molecule has 1 aromatic heterocycles. The van der Waals surface area contributed by atoms with Gasteiger partial charge in [-0.2, -0.15) is 5.10 Å². The molecule has 0 unspecified atom stereocenters. The molecule has 2 amide bonds. The van der Waals surface area contributed by atoms with Crippen molar-refractivity contribution in [2.24, 2.45) is 0 Å². The fourth-order valence-corrected chi connectivity index (χ4v) is 3.54. The minimum absolute atomic E-state index is 0.0166. The number of rotatable bonds is 5. The van der Waals surface area contributed by atoms with Crippen molar-refractivity contribution < 1.29 is 14.3 Å². The van der Waals surface area contributed by atoms with E-state index in [0.29, 0.717) is 30.4 Å². The first-order chi connectivity index (χ1) is 13.1. The molecule has 0 bridgehead atoms. The Bertz CT molecular complexity index is 843. The highest BCUT2D eigenvalue weighted by atomic mass is 35.5. The molecule has 142 valence electrons. The summed E-state index contributed by atoms with van der Waals surface area (Å²) in [5.41, 5.74) is 1.66. The molecule has 4 rings (SSSR count). The largest absolute Gasteiger partial charge is 0.376 e. The Labute approximate surface area is 162 Å². The van der Waals surface area contributed by atoms with Crippen LogP contribution in [0.15, 0.2) is 30.3 Å². The summed E-state index contributed by atoms with van der Waals surface area (Å²) in [6.07, 6.45) is 2.39. The standard InChI is InChI=1S/C19H21ClN4O3/c20-14-5-3-13(4-6-14)16-10-18-23(19(26)7-8-24(18)22-16)12-17(25)21-11-15-2-1-9-27-15/h3-6,10,15H,1-2,7-9,11-12H2,(H,21,25)/t15-/m0/s1. The normalized spacial score (nSPS) is 19.2. The highest BCUT2D eigenvalue weighted by molar-refractivity contribution is 6.30. The van der Waals surface area contributed by atoms with E-state index in [1.54, 1.807) is 16.8 Å². The summed E-state index contributed by atoms with van der Waals surface area (Å²) < 4.78 is 7.29. The maximum absolute atomic E-state index is 12.4. The van der Waals surface area contributed by atoms with Crippen LogP contribution in [0.3, 0.4) is 0 Å². The molecular formula is C19H21ClN4O3. The number of hydrogen-bond acceptors (Lipinski definition) is 4. The smallest absolute Gasteiger partial charge is 0.240 e. The van der Waals surface area contributed by atoms with E-state index in [9.17, 15) is 9.59 Å². The number of benzene rings is 1. The molecule has 2 aromatic rings. The van der Waals surface area contributed by atoms with Gasteiger partial charge in [-0.3, -0.25) is 14.5 Å². The van der Waals surface area contributed by atoms with Gasteiger partial charge in [0.15, 0.2) is 0 Å². The molecule has 3 heterocycles. The third-order valence-electron chi connectivity index (χ3n) is 4.87. The van der Waals surface area contributed by atoms with Crippen molar-refractivity contribution >= 4 is 29.2 Å². The molecule has 1 saturated heterocycles. The Morgan fingerprint density at radius 1 is 1.33 bits per heavy atom. The molecule has 1 atom stereocenters. The van der Waals surface area contributed by atoms with E-state index < -0.39 is 0 Å². The van der Waals surface area contributed by atoms with E-state index in [-0.39, 0.29) is 24.5 Å². The van der Waals surface area contributed by atoms with Gasteiger partial charge in [-0.15, -0.1) is 0 Å². The quantitative estimate of drug-likeness (QED) is 0.852. The van der Waals surface area contributed by atoms with Crippen LogP contribution in [0.25, 0.3) is 11.3 Å². The third-order valence-corrected chi connectivity index (χ3v) is 5.12. The highest BCUT2D eigenvalue weighted by Gasteiger charge is 2.28. The van der Waals surface area contributed by atoms with E-state index in [1.165, 1.54) is 4.90 Å². The van der Waals surface area contributed by atoms with Crippen LogP contribution >= 0.6 is 11.6 Å². The molecule has 1 N–H and O–H groups in total. The molecule has 0 spiro atoms. The van der Waals surface area contributed by atoms with Crippen molar-refractivity contribution in [1.82, 2.24) is 15.1 Å². The lowest BCUT2D eigenvalue weighted by atomic mass is 10.1. The minimum atomic E-state index is -0.193. The van der Waals surface area contributed by atoms with E-state index in [2.05, 4.69) is 10.4 Å². The average Bonchev–Trinajstić information content (AvgIpc) is 3.33. The zero-order valence-electron chi connectivity index (χ0n) is 14.9. The van der Waals surface area contributed by atoms with Crippen molar-refractivity contribution in [2.75, 3.05) is 24.6 Å². The molecule has 1 aromatic carbocycles. The Kier molecular flexibility index (Phi) is 5.13. The molecule has 2 aliphatic rings. The van der Waals surface area contributed by atoms with Crippen LogP contribution < -0.4 is 10.2 Å². The number of carbonyl (C=O) groups is 2. The topological polar surface area (TPSA) is 76.5 Å². The summed E-state index contributed by atoms with van der Waals surface area (Å²) >= 11 is 5.94. The number of aryl methyl sites for hydroxylation is 1. The van der Waals surface area contributed by atoms with Crippen molar-refractivity contribution in [3.8, 4) is 11.3 Å². The summed E-state index contributed by atoms with van der Waals surface area (Å²) in [6, 6.07) is 9.22. The summed E-state index contributed by atoms with van der Waals surface area (Å²) in [7, 11) is 0. The lowest BCUT2D eigenvalue weighted by Gasteiger charge is -2.27. The fraction of sp³-hybridized carbons (Fsp3) is 0.421. The van der Waals surface area contributed by atoms with Gasteiger partial charge in [-0.1, -0.05) is 23.7 Å². The predicted molar refractivity (Wildman–Crippen MR) is 102 cm³/mol. The van der Waals surface area contributed by atoms with Gasteiger partial charge in [0.25, 0.3) is 0 Å². The predicted octanol–water partition coefficient (Wildman–Crippen LogP) is 2.24. The van der Waals surface area contributed by atoms with Gasteiger partial charge < -0.3 is 10.1 Å². The number of nitrogens with one attached hydrogen (secondary N) is 1. The number of halogens is 1. The Morgan fingerprint density at radius 3 is 2.89 bits per heavy atom. The number of hydrogen-bond donors (Lipinski definition) is 1. The maximum Gasteiger partial charge on any atom is 0.240 e. The van der Waals surface area contributed by atoms with Crippen molar-refractivity contribution in [3.63, 3.8) is 0 Å². The van der Waals surface area contributed by atoms with E-state index in [4.69, 9.17) is 16.3 Å². The monoisotopic (exact) mass is 388 g/mol. The van der Waals surface area contributed by atoms with Crippen LogP contribution in [-0.4, -0.2) is 47.4 Å². The Balaban J connectivity index is 1.48. The van der Waals surface area contributed by atoms with Crippen LogP contribution in [0.5, 0.6) is 0 Å². The fourth-order valence-electron chi connectivity index (χ4n) is 3.42. The lowest BCUT2D eigenvalue weighted by Crippen LogP contribution is -2.45. The highest BCUT2D eigenvalue weighted by Crippen LogP contribution is 2.28. The van der Waals surface area contributed by atoms with Crippen LogP contribution in [0.4, 0.5) is 5.82 Å². The van der Waals surface area contributed by atoms with Crippen LogP contribution in [0, 0.1) is 0 Å². The van der Waals surface area contributed by atoms with Gasteiger partial charge in [-0.25, -0.2) is 4.68 Å². The second-order valence-corrected chi connectivity index (χ2v) is 7.22. The zero-order valence-corrected chi connectivity index (χ0v) is 15.6. The molecule has 2 aliphatic heterocycles. The molecular weight excluding hydrogens is 368 g/mol. The number of nitrogens with zero attached hydrogens (tertiary/aromatic N) is 3. The average molecular weight is 389 g/mol. The van der Waals surface area contributed by atoms with E-state index in [0.717, 1.165) is 30.7 Å². The van der Waals surface area contributed by atoms with Gasteiger partial charge in [0.2, 0.25) is 11.8 Å². The second kappa shape index (κ2) is 7.70. The van der Waals surface area contributed by atoms with Crippen molar-refractivity contribution in [1.29, 1.82) is 0 Å². The van der Waals surface area contributed by atoms with Gasteiger partial charge in [0, 0.05) is 36.2 Å².